The Kier molecular flexibility index (Phi) is 4.30. The van der Waals surface area contributed by atoms with Crippen molar-refractivity contribution in [1.29, 1.82) is 0 Å². The third kappa shape index (κ3) is 3.31. The van der Waals surface area contributed by atoms with E-state index in [2.05, 4.69) is 51.8 Å². The molecule has 0 aliphatic carbocycles. The molecule has 2 saturated heterocycles. The molecule has 0 bridgehead atoms. The molecule has 0 amide bonds. The molecule has 4 heteroatoms. The van der Waals surface area contributed by atoms with Gasteiger partial charge in [0, 0.05) is 23.9 Å². The fraction of sp³-hybridized carbons (Fsp3) is 0.632. The van der Waals surface area contributed by atoms with Crippen LogP contribution in [0.25, 0.3) is 0 Å². The van der Waals surface area contributed by atoms with Gasteiger partial charge in [-0.05, 0) is 40.2 Å². The first-order chi connectivity index (χ1) is 10.7. The predicted molar refractivity (Wildman–Crippen MR) is 89.2 cm³/mol. The predicted octanol–water partition coefficient (Wildman–Crippen LogP) is 4.24. The lowest BCUT2D eigenvalue weighted by Gasteiger charge is -2.56. The highest BCUT2D eigenvalue weighted by molar-refractivity contribution is 5.17. The van der Waals surface area contributed by atoms with E-state index in [1.165, 1.54) is 5.56 Å². The number of hydroxylamine groups is 2. The van der Waals surface area contributed by atoms with Crippen LogP contribution in [0.15, 0.2) is 30.3 Å². The normalized spacial score (nSPS) is 27.2. The molecule has 1 aromatic carbocycles. The minimum absolute atomic E-state index is 0.000720. The van der Waals surface area contributed by atoms with E-state index in [-0.39, 0.29) is 17.2 Å². The summed E-state index contributed by atoms with van der Waals surface area (Å²) in [4.78, 5) is 6.42. The molecule has 0 N–H and O–H groups in total. The van der Waals surface area contributed by atoms with E-state index in [0.29, 0.717) is 6.61 Å². The van der Waals surface area contributed by atoms with E-state index in [9.17, 15) is 0 Å². The van der Waals surface area contributed by atoms with Gasteiger partial charge in [0.2, 0.25) is 0 Å². The summed E-state index contributed by atoms with van der Waals surface area (Å²) in [5.74, 6) is -0.511. The lowest BCUT2D eigenvalue weighted by atomic mass is 9.78. The van der Waals surface area contributed by atoms with Crippen LogP contribution in [0.1, 0.15) is 59.1 Å². The second-order valence-corrected chi connectivity index (χ2v) is 7.94. The minimum Gasteiger partial charge on any atom is -0.347 e. The van der Waals surface area contributed by atoms with Crippen molar-refractivity contribution in [1.82, 2.24) is 5.06 Å². The van der Waals surface area contributed by atoms with Gasteiger partial charge in [0.15, 0.2) is 5.79 Å². The average Bonchev–Trinajstić information content (AvgIpc) is 2.90. The van der Waals surface area contributed by atoms with E-state index in [4.69, 9.17) is 14.3 Å². The molecule has 2 aliphatic heterocycles. The smallest absolute Gasteiger partial charge is 0.172 e. The molecule has 127 valence electrons. The lowest BCUT2D eigenvalue weighted by molar-refractivity contribution is -0.348. The Labute approximate surface area is 139 Å². The first kappa shape index (κ1) is 16.9. The maximum Gasteiger partial charge on any atom is 0.172 e. The molecule has 0 aromatic heterocycles. The standard InChI is InChI=1S/C19H28NO3/c1-15(16-9-7-6-8-10-16)23-20-17(2,3)13-19(14-18(20,4)5)21-11-12-22-19/h6-11,15H,12-14H2,1-5H3. The summed E-state index contributed by atoms with van der Waals surface area (Å²) in [5, 5.41) is 2.15. The molecule has 4 nitrogen and oxygen atoms in total. The first-order valence-corrected chi connectivity index (χ1v) is 8.40. The highest BCUT2D eigenvalue weighted by Crippen LogP contribution is 2.48. The number of nitrogens with zero attached hydrogens (tertiary/aromatic N) is 1. The van der Waals surface area contributed by atoms with E-state index in [1.807, 2.05) is 18.2 Å². The zero-order chi connectivity index (χ0) is 16.7. The van der Waals surface area contributed by atoms with Crippen LogP contribution in [0.5, 0.6) is 0 Å². The van der Waals surface area contributed by atoms with Gasteiger partial charge >= 0.3 is 0 Å². The molecule has 3 rings (SSSR count). The number of hydrogen-bond acceptors (Lipinski definition) is 4. The topological polar surface area (TPSA) is 30.9 Å². The Bertz CT molecular complexity index is 515. The minimum atomic E-state index is -0.511. The van der Waals surface area contributed by atoms with Crippen molar-refractivity contribution in [3.8, 4) is 0 Å². The van der Waals surface area contributed by atoms with Gasteiger partial charge < -0.3 is 9.47 Å². The third-order valence-corrected chi connectivity index (χ3v) is 4.75. The molecular formula is C19H28NO3. The summed E-state index contributed by atoms with van der Waals surface area (Å²) in [6, 6.07) is 10.3. The zero-order valence-electron chi connectivity index (χ0n) is 14.8. The lowest BCUT2D eigenvalue weighted by Crippen LogP contribution is -2.65. The molecule has 23 heavy (non-hydrogen) atoms. The van der Waals surface area contributed by atoms with Gasteiger partial charge in [-0.25, -0.2) is 0 Å². The van der Waals surface area contributed by atoms with E-state index < -0.39 is 5.79 Å². The number of hydrogen-bond donors (Lipinski definition) is 0. The van der Waals surface area contributed by atoms with Crippen LogP contribution in [0.2, 0.25) is 0 Å². The summed E-state index contributed by atoms with van der Waals surface area (Å²) in [7, 11) is 0. The molecule has 1 atom stereocenters. The number of benzene rings is 1. The maximum absolute atomic E-state index is 6.42. The van der Waals surface area contributed by atoms with Gasteiger partial charge in [-0.2, -0.15) is 5.06 Å². The van der Waals surface area contributed by atoms with Crippen molar-refractivity contribution < 1.29 is 14.3 Å². The van der Waals surface area contributed by atoms with Crippen LogP contribution < -0.4 is 0 Å². The molecule has 1 aromatic rings. The zero-order valence-corrected chi connectivity index (χ0v) is 14.8. The summed E-state index contributed by atoms with van der Waals surface area (Å²) in [6.45, 7) is 13.2. The molecule has 2 fully saturated rings. The second-order valence-electron chi connectivity index (χ2n) is 7.94. The van der Waals surface area contributed by atoms with Crippen LogP contribution in [0, 0.1) is 6.61 Å². The van der Waals surface area contributed by atoms with Gasteiger partial charge in [0.1, 0.15) is 12.7 Å². The quantitative estimate of drug-likeness (QED) is 0.834. The monoisotopic (exact) mass is 318 g/mol. The maximum atomic E-state index is 6.42. The van der Waals surface area contributed by atoms with Crippen molar-refractivity contribution in [2.45, 2.75) is 70.4 Å². The van der Waals surface area contributed by atoms with Crippen molar-refractivity contribution in [2.24, 2.45) is 0 Å². The summed E-state index contributed by atoms with van der Waals surface area (Å²) in [5.41, 5.74) is 0.799. The Morgan fingerprint density at radius 3 is 2.17 bits per heavy atom. The fourth-order valence-corrected chi connectivity index (χ4v) is 4.16. The molecule has 1 unspecified atom stereocenters. The van der Waals surface area contributed by atoms with Crippen molar-refractivity contribution >= 4 is 0 Å². The largest absolute Gasteiger partial charge is 0.347 e. The van der Waals surface area contributed by atoms with Crippen LogP contribution in [0.3, 0.4) is 0 Å². The van der Waals surface area contributed by atoms with Crippen molar-refractivity contribution in [3.05, 3.63) is 42.5 Å². The molecule has 2 heterocycles. The van der Waals surface area contributed by atoms with Crippen molar-refractivity contribution in [3.63, 3.8) is 0 Å². The Hall–Kier alpha value is -0.940. The number of piperidine rings is 1. The van der Waals surface area contributed by atoms with Gasteiger partial charge in [-0.15, -0.1) is 0 Å². The number of ether oxygens (including phenoxy) is 2. The SMILES string of the molecule is CC(ON1C(C)(C)CC2(CC1(C)C)O[CH]CO2)c1ccccc1. The highest BCUT2D eigenvalue weighted by atomic mass is 16.7. The molecule has 0 saturated carbocycles. The van der Waals surface area contributed by atoms with Crippen LogP contribution >= 0.6 is 0 Å². The van der Waals surface area contributed by atoms with Crippen molar-refractivity contribution in [2.75, 3.05) is 6.61 Å². The highest BCUT2D eigenvalue weighted by Gasteiger charge is 2.56. The van der Waals surface area contributed by atoms with Crippen LogP contribution in [0.4, 0.5) is 0 Å². The Morgan fingerprint density at radius 1 is 1.04 bits per heavy atom. The van der Waals surface area contributed by atoms with Gasteiger partial charge in [0.25, 0.3) is 0 Å². The first-order valence-electron chi connectivity index (χ1n) is 8.40. The number of rotatable bonds is 3. The second kappa shape index (κ2) is 5.85. The van der Waals surface area contributed by atoms with E-state index >= 15 is 0 Å². The molecule has 1 spiro atoms. The fourth-order valence-electron chi connectivity index (χ4n) is 4.16. The van der Waals surface area contributed by atoms with Crippen LogP contribution in [-0.2, 0) is 14.3 Å². The third-order valence-electron chi connectivity index (χ3n) is 4.75. The molecule has 1 radical (unpaired) electrons. The van der Waals surface area contributed by atoms with Gasteiger partial charge in [0.05, 0.1) is 6.61 Å². The van der Waals surface area contributed by atoms with Crippen LogP contribution in [-0.4, -0.2) is 28.5 Å². The Morgan fingerprint density at radius 2 is 1.65 bits per heavy atom. The molecule has 2 aliphatic rings. The van der Waals surface area contributed by atoms with E-state index in [1.54, 1.807) is 6.61 Å². The van der Waals surface area contributed by atoms with E-state index in [0.717, 1.165) is 12.8 Å². The Balaban J connectivity index is 1.81. The summed E-state index contributed by atoms with van der Waals surface area (Å²) in [6.07, 6.45) is 1.56. The average molecular weight is 318 g/mol. The van der Waals surface area contributed by atoms with Gasteiger partial charge in [-0.1, -0.05) is 30.3 Å². The summed E-state index contributed by atoms with van der Waals surface area (Å²) >= 11 is 0. The van der Waals surface area contributed by atoms with Gasteiger partial charge in [-0.3, -0.25) is 4.84 Å². The summed E-state index contributed by atoms with van der Waals surface area (Å²) < 4.78 is 11.8. The molecular weight excluding hydrogens is 290 g/mol.